The van der Waals surface area contributed by atoms with Crippen LogP contribution in [0.5, 0.6) is 0 Å². The molecule has 0 radical (unpaired) electrons. The molecule has 0 unspecified atom stereocenters. The minimum absolute atomic E-state index is 0. The first-order valence-electron chi connectivity index (χ1n) is 7.78. The average Bonchev–Trinajstić information content (AvgIpc) is 2.45. The third-order valence-electron chi connectivity index (χ3n) is 3.79. The standard InChI is InChI=1S/C14H30N4O3S.HI/c1-5-15-13(17-12-14(2,3)22(4,19)20)16-6-7-18-8-10-21-11-9-18;/h5-12H2,1-4H3,(H2,15,16,17);1H. The van der Waals surface area contributed by atoms with Crippen molar-refractivity contribution in [1.29, 1.82) is 0 Å². The van der Waals surface area contributed by atoms with Crippen molar-refractivity contribution in [2.75, 3.05) is 58.7 Å². The molecule has 0 spiro atoms. The highest BCUT2D eigenvalue weighted by atomic mass is 127. The molecule has 1 fully saturated rings. The number of ether oxygens (including phenoxy) is 1. The Kier molecular flexibility index (Phi) is 10.6. The smallest absolute Gasteiger partial charge is 0.191 e. The minimum atomic E-state index is -3.14. The number of hydrogen-bond acceptors (Lipinski definition) is 5. The first-order valence-corrected chi connectivity index (χ1v) is 9.67. The third-order valence-corrected chi connectivity index (χ3v) is 5.93. The molecule has 0 aromatic rings. The van der Waals surface area contributed by atoms with Crippen LogP contribution in [0.25, 0.3) is 0 Å². The van der Waals surface area contributed by atoms with Gasteiger partial charge in [0, 0.05) is 39.0 Å². The van der Waals surface area contributed by atoms with E-state index in [0.29, 0.717) is 5.96 Å². The Hall–Kier alpha value is -0.130. The zero-order valence-electron chi connectivity index (χ0n) is 14.6. The SMILES string of the molecule is CCNC(=NCC(C)(C)S(C)(=O)=O)NCCN1CCOCC1.I. The molecule has 1 aliphatic rings. The molecule has 1 aliphatic heterocycles. The topological polar surface area (TPSA) is 83.0 Å². The number of nitrogens with zero attached hydrogens (tertiary/aromatic N) is 2. The van der Waals surface area contributed by atoms with Crippen molar-refractivity contribution in [3.8, 4) is 0 Å². The number of morpholine rings is 1. The van der Waals surface area contributed by atoms with E-state index >= 15 is 0 Å². The lowest BCUT2D eigenvalue weighted by atomic mass is 10.2. The Morgan fingerprint density at radius 2 is 1.87 bits per heavy atom. The predicted molar refractivity (Wildman–Crippen MR) is 106 cm³/mol. The zero-order valence-corrected chi connectivity index (χ0v) is 17.7. The van der Waals surface area contributed by atoms with Gasteiger partial charge in [-0.25, -0.2) is 8.42 Å². The monoisotopic (exact) mass is 462 g/mol. The maximum Gasteiger partial charge on any atom is 0.191 e. The normalized spacial score (nSPS) is 17.5. The number of guanidine groups is 1. The van der Waals surface area contributed by atoms with Crippen LogP contribution in [0.1, 0.15) is 20.8 Å². The maximum absolute atomic E-state index is 11.7. The van der Waals surface area contributed by atoms with Gasteiger partial charge in [0.1, 0.15) is 0 Å². The first-order chi connectivity index (χ1) is 10.3. The van der Waals surface area contributed by atoms with Crippen LogP contribution in [0.4, 0.5) is 0 Å². The number of sulfone groups is 1. The molecule has 0 saturated carbocycles. The average molecular weight is 462 g/mol. The molecular formula is C14H31IN4O3S. The highest BCUT2D eigenvalue weighted by Crippen LogP contribution is 2.14. The molecule has 1 heterocycles. The summed E-state index contributed by atoms with van der Waals surface area (Å²) in [5.74, 6) is 0.660. The summed E-state index contributed by atoms with van der Waals surface area (Å²) in [5, 5.41) is 6.40. The summed E-state index contributed by atoms with van der Waals surface area (Å²) in [6.45, 7) is 11.5. The van der Waals surface area contributed by atoms with Crippen molar-refractivity contribution in [3.05, 3.63) is 0 Å². The van der Waals surface area contributed by atoms with Crippen molar-refractivity contribution in [1.82, 2.24) is 15.5 Å². The zero-order chi connectivity index (χ0) is 16.6. The van der Waals surface area contributed by atoms with Gasteiger partial charge in [0.05, 0.1) is 24.5 Å². The number of nitrogens with one attached hydrogen (secondary N) is 2. The highest BCUT2D eigenvalue weighted by Gasteiger charge is 2.29. The fourth-order valence-corrected chi connectivity index (χ4v) is 2.18. The summed E-state index contributed by atoms with van der Waals surface area (Å²) >= 11 is 0. The Balaban J connectivity index is 0.00000484. The van der Waals surface area contributed by atoms with E-state index in [-0.39, 0.29) is 30.5 Å². The summed E-state index contributed by atoms with van der Waals surface area (Å²) in [7, 11) is -3.14. The predicted octanol–water partition coefficient (Wildman–Crippen LogP) is 0.315. The van der Waals surface area contributed by atoms with E-state index in [9.17, 15) is 8.42 Å². The van der Waals surface area contributed by atoms with Gasteiger partial charge < -0.3 is 15.4 Å². The molecule has 23 heavy (non-hydrogen) atoms. The molecule has 0 atom stereocenters. The maximum atomic E-state index is 11.7. The molecule has 0 aromatic heterocycles. The molecule has 1 saturated heterocycles. The van der Waals surface area contributed by atoms with Crippen LogP contribution in [-0.4, -0.2) is 82.8 Å². The van der Waals surface area contributed by atoms with Gasteiger partial charge in [0.25, 0.3) is 0 Å². The van der Waals surface area contributed by atoms with E-state index in [1.54, 1.807) is 13.8 Å². The van der Waals surface area contributed by atoms with Gasteiger partial charge in [-0.1, -0.05) is 0 Å². The van der Waals surface area contributed by atoms with Gasteiger partial charge >= 0.3 is 0 Å². The number of halogens is 1. The summed E-state index contributed by atoms with van der Waals surface area (Å²) < 4.78 is 27.9. The highest BCUT2D eigenvalue weighted by molar-refractivity contribution is 14.0. The Bertz CT molecular complexity index is 463. The molecule has 0 bridgehead atoms. The largest absolute Gasteiger partial charge is 0.379 e. The van der Waals surface area contributed by atoms with Gasteiger partial charge in [-0.2, -0.15) is 0 Å². The van der Waals surface area contributed by atoms with Gasteiger partial charge in [0.15, 0.2) is 15.8 Å². The molecule has 7 nitrogen and oxygen atoms in total. The van der Waals surface area contributed by atoms with Crippen LogP contribution in [0.15, 0.2) is 4.99 Å². The Labute approximate surface area is 157 Å². The number of rotatable bonds is 7. The molecule has 1 rings (SSSR count). The van der Waals surface area contributed by atoms with Crippen LogP contribution in [0.3, 0.4) is 0 Å². The van der Waals surface area contributed by atoms with E-state index in [4.69, 9.17) is 4.74 Å². The lowest BCUT2D eigenvalue weighted by Gasteiger charge is -2.27. The molecule has 9 heteroatoms. The summed E-state index contributed by atoms with van der Waals surface area (Å²) in [4.78, 5) is 6.74. The Morgan fingerprint density at radius 3 is 2.39 bits per heavy atom. The van der Waals surface area contributed by atoms with Crippen molar-refractivity contribution >= 4 is 39.8 Å². The van der Waals surface area contributed by atoms with E-state index < -0.39 is 14.6 Å². The van der Waals surface area contributed by atoms with Crippen molar-refractivity contribution in [3.63, 3.8) is 0 Å². The Morgan fingerprint density at radius 1 is 1.26 bits per heavy atom. The van der Waals surface area contributed by atoms with E-state index in [1.807, 2.05) is 6.92 Å². The molecule has 0 aromatic carbocycles. The van der Waals surface area contributed by atoms with Gasteiger partial charge in [-0.3, -0.25) is 9.89 Å². The van der Waals surface area contributed by atoms with E-state index in [2.05, 4.69) is 20.5 Å². The lowest BCUT2D eigenvalue weighted by molar-refractivity contribution is 0.0389. The lowest BCUT2D eigenvalue weighted by Crippen LogP contribution is -2.45. The van der Waals surface area contributed by atoms with Crippen molar-refractivity contribution in [2.45, 2.75) is 25.5 Å². The van der Waals surface area contributed by atoms with Crippen LogP contribution in [0.2, 0.25) is 0 Å². The summed E-state index contributed by atoms with van der Waals surface area (Å²) in [6, 6.07) is 0. The number of aliphatic imine (C=N–C) groups is 1. The second kappa shape index (κ2) is 10.7. The third kappa shape index (κ3) is 8.50. The van der Waals surface area contributed by atoms with Crippen LogP contribution < -0.4 is 10.6 Å². The molecule has 138 valence electrons. The molecule has 2 N–H and O–H groups in total. The van der Waals surface area contributed by atoms with E-state index in [1.165, 1.54) is 6.26 Å². The molecule has 0 aliphatic carbocycles. The van der Waals surface area contributed by atoms with Gasteiger partial charge in [-0.15, -0.1) is 24.0 Å². The quantitative estimate of drug-likeness (QED) is 0.322. The second-order valence-electron chi connectivity index (χ2n) is 6.11. The fraction of sp³-hybridized carbons (Fsp3) is 0.929. The van der Waals surface area contributed by atoms with Crippen molar-refractivity contribution < 1.29 is 13.2 Å². The van der Waals surface area contributed by atoms with Crippen LogP contribution >= 0.6 is 24.0 Å². The minimum Gasteiger partial charge on any atom is -0.379 e. The van der Waals surface area contributed by atoms with Gasteiger partial charge in [-0.05, 0) is 20.8 Å². The molecule has 0 amide bonds. The summed E-state index contributed by atoms with van der Waals surface area (Å²) in [6.07, 6.45) is 1.25. The first kappa shape index (κ1) is 22.9. The van der Waals surface area contributed by atoms with Crippen LogP contribution in [0, 0.1) is 0 Å². The number of hydrogen-bond donors (Lipinski definition) is 2. The second-order valence-corrected chi connectivity index (χ2v) is 8.76. The van der Waals surface area contributed by atoms with Crippen LogP contribution in [-0.2, 0) is 14.6 Å². The summed E-state index contributed by atoms with van der Waals surface area (Å²) in [5.41, 5.74) is 0. The van der Waals surface area contributed by atoms with E-state index in [0.717, 1.165) is 45.9 Å². The van der Waals surface area contributed by atoms with Gasteiger partial charge in [0.2, 0.25) is 0 Å². The molecular weight excluding hydrogens is 431 g/mol. The fourth-order valence-electron chi connectivity index (χ4n) is 1.89. The van der Waals surface area contributed by atoms with Crippen molar-refractivity contribution in [2.24, 2.45) is 4.99 Å².